The summed E-state index contributed by atoms with van der Waals surface area (Å²) in [6.45, 7) is 6.61. The van der Waals surface area contributed by atoms with E-state index in [0.29, 0.717) is 12.7 Å². The maximum atomic E-state index is 8.77. The van der Waals surface area contributed by atoms with Crippen LogP contribution < -0.4 is 5.32 Å². The van der Waals surface area contributed by atoms with E-state index >= 15 is 0 Å². The highest BCUT2D eigenvalue weighted by atomic mass is 16.5. The van der Waals surface area contributed by atoms with Crippen LogP contribution in [0.15, 0.2) is 18.3 Å². The molecule has 1 aliphatic heterocycles. The summed E-state index contributed by atoms with van der Waals surface area (Å²) in [5.41, 5.74) is 1.30. The number of hydrogen-bond donors (Lipinski definition) is 2. The third-order valence-electron chi connectivity index (χ3n) is 3.57. The predicted molar refractivity (Wildman–Crippen MR) is 79.7 cm³/mol. The number of ether oxygens (including phenoxy) is 1. The van der Waals surface area contributed by atoms with E-state index in [9.17, 15) is 0 Å². The molecule has 20 heavy (non-hydrogen) atoms. The molecule has 0 aliphatic carbocycles. The highest BCUT2D eigenvalue weighted by Gasteiger charge is 2.19. The summed E-state index contributed by atoms with van der Waals surface area (Å²) in [6, 6.07) is 4.20. The van der Waals surface area contributed by atoms with Crippen LogP contribution in [0.1, 0.15) is 25.3 Å². The molecule has 0 amide bonds. The zero-order chi connectivity index (χ0) is 14.2. The minimum absolute atomic E-state index is 0.116. The predicted octanol–water partition coefficient (Wildman–Crippen LogP) is 1.49. The number of nitrogens with zero attached hydrogens (tertiary/aromatic N) is 2. The van der Waals surface area contributed by atoms with Gasteiger partial charge in [0.05, 0.1) is 19.3 Å². The molecule has 2 heterocycles. The lowest BCUT2D eigenvalue weighted by Gasteiger charge is -2.31. The van der Waals surface area contributed by atoms with Crippen molar-refractivity contribution in [2.75, 3.05) is 38.2 Å². The molecule has 1 aromatic heterocycles. The number of aliphatic hydroxyl groups excluding tert-OH is 1. The number of likely N-dealkylation sites (tertiary alicyclic amines) is 1. The summed E-state index contributed by atoms with van der Waals surface area (Å²) in [4.78, 5) is 6.74. The van der Waals surface area contributed by atoms with Gasteiger partial charge in [-0.15, -0.1) is 0 Å². The van der Waals surface area contributed by atoms with Crippen LogP contribution in [-0.2, 0) is 11.3 Å². The molecule has 1 aromatic rings. The second kappa shape index (κ2) is 8.19. The zero-order valence-electron chi connectivity index (χ0n) is 12.2. The van der Waals surface area contributed by atoms with E-state index in [1.807, 2.05) is 6.20 Å². The number of aromatic nitrogens is 1. The number of nitrogens with one attached hydrogen (secondary N) is 1. The number of aliphatic hydroxyl groups is 1. The molecule has 112 valence electrons. The Morgan fingerprint density at radius 1 is 1.45 bits per heavy atom. The van der Waals surface area contributed by atoms with Crippen LogP contribution in [0.5, 0.6) is 0 Å². The van der Waals surface area contributed by atoms with E-state index in [4.69, 9.17) is 9.84 Å². The first-order valence-corrected chi connectivity index (χ1v) is 7.45. The van der Waals surface area contributed by atoms with Crippen molar-refractivity contribution in [3.8, 4) is 0 Å². The lowest BCUT2D eigenvalue weighted by atomic mass is 10.1. The summed E-state index contributed by atoms with van der Waals surface area (Å²) < 4.78 is 5.59. The van der Waals surface area contributed by atoms with Gasteiger partial charge in [0.15, 0.2) is 0 Å². The number of rotatable bonds is 7. The summed E-state index contributed by atoms with van der Waals surface area (Å²) in [5, 5.41) is 12.0. The van der Waals surface area contributed by atoms with Crippen molar-refractivity contribution in [3.05, 3.63) is 23.9 Å². The minimum atomic E-state index is 0.116. The Kier molecular flexibility index (Phi) is 6.24. The first kappa shape index (κ1) is 15.2. The molecular weight excluding hydrogens is 254 g/mol. The van der Waals surface area contributed by atoms with Gasteiger partial charge in [-0.2, -0.15) is 0 Å². The Morgan fingerprint density at radius 2 is 2.25 bits per heavy atom. The number of hydrogen-bond acceptors (Lipinski definition) is 5. The highest BCUT2D eigenvalue weighted by Crippen LogP contribution is 2.17. The SMILES string of the molecule is CCNc1cc(CN2CCC(OCCO)CC2)ccn1. The fourth-order valence-corrected chi connectivity index (χ4v) is 2.56. The van der Waals surface area contributed by atoms with Crippen LogP contribution in [0.4, 0.5) is 5.82 Å². The van der Waals surface area contributed by atoms with E-state index in [1.165, 1.54) is 5.56 Å². The van der Waals surface area contributed by atoms with E-state index in [1.54, 1.807) is 0 Å². The molecule has 2 N–H and O–H groups in total. The van der Waals surface area contributed by atoms with Gasteiger partial charge < -0.3 is 15.2 Å². The molecule has 1 aliphatic rings. The number of pyridine rings is 1. The van der Waals surface area contributed by atoms with Gasteiger partial charge in [-0.05, 0) is 37.5 Å². The molecular formula is C15H25N3O2. The highest BCUT2D eigenvalue weighted by molar-refractivity contribution is 5.37. The van der Waals surface area contributed by atoms with Crippen LogP contribution in [0.3, 0.4) is 0 Å². The molecule has 2 rings (SSSR count). The molecule has 5 heteroatoms. The Balaban J connectivity index is 1.78. The number of anilines is 1. The van der Waals surface area contributed by atoms with Gasteiger partial charge in [0.2, 0.25) is 0 Å². The Bertz CT molecular complexity index is 392. The second-order valence-corrected chi connectivity index (χ2v) is 5.15. The van der Waals surface area contributed by atoms with E-state index < -0.39 is 0 Å². The van der Waals surface area contributed by atoms with Crippen molar-refractivity contribution in [2.45, 2.75) is 32.4 Å². The monoisotopic (exact) mass is 279 g/mol. The zero-order valence-corrected chi connectivity index (χ0v) is 12.2. The van der Waals surface area contributed by atoms with Gasteiger partial charge in [-0.1, -0.05) is 0 Å². The van der Waals surface area contributed by atoms with E-state index in [0.717, 1.165) is 44.8 Å². The molecule has 5 nitrogen and oxygen atoms in total. The second-order valence-electron chi connectivity index (χ2n) is 5.15. The molecule has 1 saturated heterocycles. The smallest absolute Gasteiger partial charge is 0.126 e. The molecule has 0 aromatic carbocycles. The van der Waals surface area contributed by atoms with Crippen molar-refractivity contribution in [1.29, 1.82) is 0 Å². The van der Waals surface area contributed by atoms with Crippen molar-refractivity contribution in [2.24, 2.45) is 0 Å². The van der Waals surface area contributed by atoms with Crippen molar-refractivity contribution >= 4 is 5.82 Å². The normalized spacial score (nSPS) is 17.3. The van der Waals surface area contributed by atoms with Gasteiger partial charge in [0, 0.05) is 32.4 Å². The molecule has 1 fully saturated rings. The first-order valence-electron chi connectivity index (χ1n) is 7.45. The summed E-state index contributed by atoms with van der Waals surface area (Å²) >= 11 is 0. The average molecular weight is 279 g/mol. The molecule has 0 atom stereocenters. The topological polar surface area (TPSA) is 57.6 Å². The van der Waals surface area contributed by atoms with Gasteiger partial charge in [-0.3, -0.25) is 4.90 Å². The van der Waals surface area contributed by atoms with Gasteiger partial charge >= 0.3 is 0 Å². The van der Waals surface area contributed by atoms with Crippen LogP contribution in [0, 0.1) is 0 Å². The van der Waals surface area contributed by atoms with Crippen LogP contribution in [0.25, 0.3) is 0 Å². The van der Waals surface area contributed by atoms with Crippen LogP contribution in [-0.4, -0.2) is 53.9 Å². The van der Waals surface area contributed by atoms with Crippen molar-refractivity contribution < 1.29 is 9.84 Å². The first-order chi connectivity index (χ1) is 9.81. The lowest BCUT2D eigenvalue weighted by molar-refractivity contribution is -0.00901. The largest absolute Gasteiger partial charge is 0.394 e. The molecule has 0 unspecified atom stereocenters. The van der Waals surface area contributed by atoms with Gasteiger partial charge in [-0.25, -0.2) is 4.98 Å². The fourth-order valence-electron chi connectivity index (χ4n) is 2.56. The number of piperidine rings is 1. The van der Waals surface area contributed by atoms with Crippen molar-refractivity contribution in [1.82, 2.24) is 9.88 Å². The average Bonchev–Trinajstić information content (AvgIpc) is 2.47. The summed E-state index contributed by atoms with van der Waals surface area (Å²) in [5.74, 6) is 0.950. The van der Waals surface area contributed by atoms with E-state index in [-0.39, 0.29) is 6.61 Å². The maximum absolute atomic E-state index is 8.77. The Labute approximate surface area is 121 Å². The van der Waals surface area contributed by atoms with Crippen LogP contribution in [0.2, 0.25) is 0 Å². The maximum Gasteiger partial charge on any atom is 0.126 e. The third kappa shape index (κ3) is 4.74. The molecule has 0 bridgehead atoms. The quantitative estimate of drug-likeness (QED) is 0.792. The van der Waals surface area contributed by atoms with Crippen molar-refractivity contribution in [3.63, 3.8) is 0 Å². The summed E-state index contributed by atoms with van der Waals surface area (Å²) in [7, 11) is 0. The fraction of sp³-hybridized carbons (Fsp3) is 0.667. The summed E-state index contributed by atoms with van der Waals surface area (Å²) in [6.07, 6.45) is 4.27. The van der Waals surface area contributed by atoms with Crippen LogP contribution >= 0.6 is 0 Å². The lowest BCUT2D eigenvalue weighted by Crippen LogP contribution is -2.36. The van der Waals surface area contributed by atoms with Gasteiger partial charge in [0.1, 0.15) is 5.82 Å². The minimum Gasteiger partial charge on any atom is -0.394 e. The molecule has 0 spiro atoms. The Hall–Kier alpha value is -1.17. The third-order valence-corrected chi connectivity index (χ3v) is 3.57. The van der Waals surface area contributed by atoms with Gasteiger partial charge in [0.25, 0.3) is 0 Å². The molecule has 0 radical (unpaired) electrons. The Morgan fingerprint density at radius 3 is 2.95 bits per heavy atom. The molecule has 0 saturated carbocycles. The van der Waals surface area contributed by atoms with E-state index in [2.05, 4.69) is 34.3 Å². The standard InChI is InChI=1S/C15H25N3O2/c1-2-16-15-11-13(3-6-17-15)12-18-7-4-14(5-8-18)20-10-9-19/h3,6,11,14,19H,2,4-5,7-10,12H2,1H3,(H,16,17).